The Morgan fingerprint density at radius 2 is 1.76 bits per heavy atom. The van der Waals surface area contributed by atoms with Crippen LogP contribution in [0.1, 0.15) is 21.5 Å². The molecule has 8 heteroatoms. The van der Waals surface area contributed by atoms with E-state index in [4.69, 9.17) is 10.5 Å². The van der Waals surface area contributed by atoms with Crippen LogP contribution in [0.15, 0.2) is 66.9 Å². The van der Waals surface area contributed by atoms with E-state index in [0.717, 1.165) is 26.3 Å². The average molecular weight is 556 g/mol. The van der Waals surface area contributed by atoms with Crippen LogP contribution in [-0.4, -0.2) is 47.9 Å². The smallest absolute Gasteiger partial charge is 0.248 e. The lowest BCUT2D eigenvalue weighted by Gasteiger charge is -2.35. The molecule has 33 heavy (non-hydrogen) atoms. The van der Waals surface area contributed by atoms with E-state index in [0.29, 0.717) is 38.3 Å². The number of nitrogens with two attached hydrogens (primary N) is 1. The van der Waals surface area contributed by atoms with Crippen LogP contribution in [0.4, 0.5) is 5.82 Å². The second kappa shape index (κ2) is 10.7. The van der Waals surface area contributed by atoms with E-state index < -0.39 is 5.91 Å². The summed E-state index contributed by atoms with van der Waals surface area (Å²) in [5.41, 5.74) is 7.73. The standard InChI is InChI=1S/C25H25IN4O3/c26-22-8-6-19(25(27)32)14-20(22)15-24(31)30-12-10-29(11-13-30)23-9-7-21(16-28-23)33-17-18-4-2-1-3-5-18/h1-9,14,16H,10-13,15,17H2,(H2,27,32). The van der Waals surface area contributed by atoms with Crippen molar-refractivity contribution >= 4 is 40.2 Å². The quantitative estimate of drug-likeness (QED) is 0.452. The van der Waals surface area contributed by atoms with Crippen LogP contribution in [0.5, 0.6) is 5.75 Å². The number of ether oxygens (including phenoxy) is 1. The van der Waals surface area contributed by atoms with Crippen molar-refractivity contribution < 1.29 is 14.3 Å². The number of primary amides is 1. The molecule has 0 saturated carbocycles. The largest absolute Gasteiger partial charge is 0.487 e. The number of carbonyl (C=O) groups is 2. The van der Waals surface area contributed by atoms with Crippen LogP contribution < -0.4 is 15.4 Å². The highest BCUT2D eigenvalue weighted by Gasteiger charge is 2.23. The van der Waals surface area contributed by atoms with Gasteiger partial charge in [0.1, 0.15) is 18.2 Å². The maximum absolute atomic E-state index is 12.8. The summed E-state index contributed by atoms with van der Waals surface area (Å²) in [5, 5.41) is 0. The van der Waals surface area contributed by atoms with Gasteiger partial charge in [0.2, 0.25) is 11.8 Å². The fourth-order valence-corrected chi connectivity index (χ4v) is 4.24. The maximum Gasteiger partial charge on any atom is 0.248 e. The number of hydrogen-bond acceptors (Lipinski definition) is 5. The fourth-order valence-electron chi connectivity index (χ4n) is 3.71. The Morgan fingerprint density at radius 3 is 2.42 bits per heavy atom. The van der Waals surface area contributed by atoms with E-state index in [1.54, 1.807) is 18.3 Å². The van der Waals surface area contributed by atoms with Crippen LogP contribution in [0.25, 0.3) is 0 Å². The van der Waals surface area contributed by atoms with E-state index in [9.17, 15) is 9.59 Å². The van der Waals surface area contributed by atoms with Crippen molar-refractivity contribution in [3.05, 3.63) is 87.1 Å². The van der Waals surface area contributed by atoms with E-state index >= 15 is 0 Å². The topological polar surface area (TPSA) is 88.8 Å². The van der Waals surface area contributed by atoms with Crippen molar-refractivity contribution in [2.24, 2.45) is 5.73 Å². The normalized spacial score (nSPS) is 13.6. The maximum atomic E-state index is 12.8. The third-order valence-electron chi connectivity index (χ3n) is 5.60. The van der Waals surface area contributed by atoms with E-state index in [1.807, 2.05) is 53.4 Å². The average Bonchev–Trinajstić information content (AvgIpc) is 2.85. The zero-order chi connectivity index (χ0) is 23.2. The number of hydrogen-bond donors (Lipinski definition) is 1. The molecule has 1 fully saturated rings. The number of piperazine rings is 1. The molecule has 0 atom stereocenters. The van der Waals surface area contributed by atoms with Gasteiger partial charge in [-0.2, -0.15) is 0 Å². The van der Waals surface area contributed by atoms with Crippen molar-refractivity contribution in [2.75, 3.05) is 31.1 Å². The number of benzene rings is 2. The molecule has 1 saturated heterocycles. The third kappa shape index (κ3) is 6.01. The Hall–Kier alpha value is -3.14. The molecule has 1 aromatic heterocycles. The van der Waals surface area contributed by atoms with Crippen LogP contribution >= 0.6 is 22.6 Å². The Labute approximate surface area is 206 Å². The summed E-state index contributed by atoms with van der Waals surface area (Å²) in [4.78, 5) is 32.9. The number of rotatable bonds is 7. The van der Waals surface area contributed by atoms with Crippen molar-refractivity contribution in [3.8, 4) is 5.75 Å². The predicted molar refractivity (Wildman–Crippen MR) is 135 cm³/mol. The lowest BCUT2D eigenvalue weighted by molar-refractivity contribution is -0.130. The number of amides is 2. The van der Waals surface area contributed by atoms with Crippen LogP contribution in [-0.2, 0) is 17.8 Å². The molecule has 2 amide bonds. The molecular weight excluding hydrogens is 531 g/mol. The van der Waals surface area contributed by atoms with Gasteiger partial charge in [0.05, 0.1) is 12.6 Å². The first kappa shape index (κ1) is 23.0. The summed E-state index contributed by atoms with van der Waals surface area (Å²) >= 11 is 2.18. The molecule has 2 heterocycles. The van der Waals surface area contributed by atoms with E-state index in [2.05, 4.69) is 32.5 Å². The summed E-state index contributed by atoms with van der Waals surface area (Å²) < 4.78 is 6.76. The minimum Gasteiger partial charge on any atom is -0.487 e. The first-order valence-corrected chi connectivity index (χ1v) is 11.8. The van der Waals surface area contributed by atoms with Gasteiger partial charge in [-0.1, -0.05) is 30.3 Å². The van der Waals surface area contributed by atoms with Crippen LogP contribution in [0.2, 0.25) is 0 Å². The number of aromatic nitrogens is 1. The molecule has 1 aliphatic rings. The van der Waals surface area contributed by atoms with E-state index in [-0.39, 0.29) is 12.3 Å². The molecule has 3 aromatic rings. The summed E-state index contributed by atoms with van der Waals surface area (Å²) in [6.45, 7) is 3.17. The highest BCUT2D eigenvalue weighted by molar-refractivity contribution is 14.1. The fraction of sp³-hybridized carbons (Fsp3) is 0.240. The second-order valence-corrected chi connectivity index (χ2v) is 9.00. The Balaban J connectivity index is 1.29. The minimum atomic E-state index is -0.488. The van der Waals surface area contributed by atoms with Gasteiger partial charge in [0, 0.05) is 35.3 Å². The number of carbonyl (C=O) groups excluding carboxylic acids is 2. The van der Waals surface area contributed by atoms with Gasteiger partial charge in [0.25, 0.3) is 0 Å². The number of pyridine rings is 1. The third-order valence-corrected chi connectivity index (χ3v) is 6.65. The first-order chi connectivity index (χ1) is 16.0. The monoisotopic (exact) mass is 556 g/mol. The lowest BCUT2D eigenvalue weighted by Crippen LogP contribution is -2.49. The molecule has 2 N–H and O–H groups in total. The molecule has 4 rings (SSSR count). The zero-order valence-electron chi connectivity index (χ0n) is 18.1. The minimum absolute atomic E-state index is 0.0480. The zero-order valence-corrected chi connectivity index (χ0v) is 20.3. The molecular formula is C25H25IN4O3. The van der Waals surface area contributed by atoms with Gasteiger partial charge in [-0.3, -0.25) is 9.59 Å². The predicted octanol–water partition coefficient (Wildman–Crippen LogP) is 3.26. The molecule has 170 valence electrons. The SMILES string of the molecule is NC(=O)c1ccc(I)c(CC(=O)N2CCN(c3ccc(OCc4ccccc4)cn3)CC2)c1. The summed E-state index contributed by atoms with van der Waals surface area (Å²) in [6, 6.07) is 19.1. The van der Waals surface area contributed by atoms with Gasteiger partial charge in [-0.25, -0.2) is 4.98 Å². The van der Waals surface area contributed by atoms with Crippen molar-refractivity contribution in [3.63, 3.8) is 0 Å². The molecule has 1 aliphatic heterocycles. The molecule has 2 aromatic carbocycles. The van der Waals surface area contributed by atoms with Crippen LogP contribution in [0, 0.1) is 3.57 Å². The second-order valence-electron chi connectivity index (χ2n) is 7.84. The Bertz CT molecular complexity index is 1110. The molecule has 7 nitrogen and oxygen atoms in total. The molecule has 0 unspecified atom stereocenters. The van der Waals surface area contributed by atoms with Crippen molar-refractivity contribution in [2.45, 2.75) is 13.0 Å². The highest BCUT2D eigenvalue weighted by atomic mass is 127. The number of anilines is 1. The first-order valence-electron chi connectivity index (χ1n) is 10.7. The summed E-state index contributed by atoms with van der Waals surface area (Å²) in [6.07, 6.45) is 1.99. The molecule has 0 bridgehead atoms. The Morgan fingerprint density at radius 1 is 1.00 bits per heavy atom. The lowest BCUT2D eigenvalue weighted by atomic mass is 10.1. The molecule has 0 spiro atoms. The number of nitrogens with zero attached hydrogens (tertiary/aromatic N) is 3. The van der Waals surface area contributed by atoms with Gasteiger partial charge in [-0.05, 0) is 64.0 Å². The van der Waals surface area contributed by atoms with E-state index in [1.165, 1.54) is 0 Å². The summed E-state index contributed by atoms with van der Waals surface area (Å²) in [5.74, 6) is 1.16. The van der Waals surface area contributed by atoms with Gasteiger partial charge >= 0.3 is 0 Å². The van der Waals surface area contributed by atoms with Gasteiger partial charge in [-0.15, -0.1) is 0 Å². The highest BCUT2D eigenvalue weighted by Crippen LogP contribution is 2.20. The molecule has 0 aliphatic carbocycles. The van der Waals surface area contributed by atoms with Crippen molar-refractivity contribution in [1.82, 2.24) is 9.88 Å². The van der Waals surface area contributed by atoms with Crippen LogP contribution in [0.3, 0.4) is 0 Å². The van der Waals surface area contributed by atoms with Gasteiger partial charge in [0.15, 0.2) is 0 Å². The Kier molecular flexibility index (Phi) is 7.43. The van der Waals surface area contributed by atoms with Crippen molar-refractivity contribution in [1.29, 1.82) is 0 Å². The van der Waals surface area contributed by atoms with Gasteiger partial charge < -0.3 is 20.3 Å². The number of halogens is 1. The molecule has 0 radical (unpaired) electrons. The summed E-state index contributed by atoms with van der Waals surface area (Å²) in [7, 11) is 0.